The maximum atomic E-state index is 12.5. The molecule has 2 N–H and O–H groups in total. The molecule has 1 aromatic rings. The van der Waals surface area contributed by atoms with E-state index in [1.54, 1.807) is 13.8 Å². The molecule has 5 heteroatoms. The highest BCUT2D eigenvalue weighted by atomic mass is 16.2. The molecule has 1 aliphatic heterocycles. The highest BCUT2D eigenvalue weighted by Gasteiger charge is 2.35. The summed E-state index contributed by atoms with van der Waals surface area (Å²) in [4.78, 5) is 27.2. The summed E-state index contributed by atoms with van der Waals surface area (Å²) in [6.45, 7) is 8.25. The molecule has 0 spiro atoms. The molecule has 25 heavy (non-hydrogen) atoms. The second kappa shape index (κ2) is 8.88. The number of nitrogens with zero attached hydrogens (tertiary/aromatic N) is 1. The van der Waals surface area contributed by atoms with Gasteiger partial charge in [-0.25, -0.2) is 0 Å². The van der Waals surface area contributed by atoms with Gasteiger partial charge in [0.2, 0.25) is 11.8 Å². The van der Waals surface area contributed by atoms with E-state index in [0.717, 1.165) is 38.0 Å². The number of rotatable bonds is 8. The Morgan fingerprint density at radius 3 is 2.28 bits per heavy atom. The largest absolute Gasteiger partial charge is 0.372 e. The fourth-order valence-corrected chi connectivity index (χ4v) is 2.92. The lowest BCUT2D eigenvalue weighted by Gasteiger charge is -2.23. The van der Waals surface area contributed by atoms with Gasteiger partial charge in [0.05, 0.1) is 0 Å². The lowest BCUT2D eigenvalue weighted by Crippen LogP contribution is -2.45. The first kappa shape index (κ1) is 19.3. The summed E-state index contributed by atoms with van der Waals surface area (Å²) in [5.74, 6) is -0.510. The number of carbonyl (C=O) groups is 2. The zero-order chi connectivity index (χ0) is 18.3. The van der Waals surface area contributed by atoms with Crippen molar-refractivity contribution in [1.29, 1.82) is 0 Å². The van der Waals surface area contributed by atoms with Crippen LogP contribution in [-0.4, -0.2) is 31.4 Å². The second-order valence-corrected chi connectivity index (χ2v) is 7.28. The average molecular weight is 345 g/mol. The third-order valence-electron chi connectivity index (χ3n) is 4.80. The number of hydrogen-bond donors (Lipinski definition) is 2. The van der Waals surface area contributed by atoms with Crippen molar-refractivity contribution in [3.63, 3.8) is 0 Å². The van der Waals surface area contributed by atoms with E-state index in [1.165, 1.54) is 18.5 Å². The number of hydrogen-bond acceptors (Lipinski definition) is 3. The van der Waals surface area contributed by atoms with Crippen molar-refractivity contribution in [2.45, 2.75) is 52.9 Å². The van der Waals surface area contributed by atoms with Gasteiger partial charge in [0.15, 0.2) is 0 Å². The molecule has 2 amide bonds. The quantitative estimate of drug-likeness (QED) is 0.559. The Bertz CT molecular complexity index is 575. The van der Waals surface area contributed by atoms with Gasteiger partial charge in [-0.2, -0.15) is 0 Å². The van der Waals surface area contributed by atoms with Crippen molar-refractivity contribution in [2.24, 2.45) is 5.41 Å². The van der Waals surface area contributed by atoms with E-state index in [9.17, 15) is 9.59 Å². The standard InChI is InChI=1S/C20H31N3O2/c1-4-5-6-13-21-18(24)20(2,3)19(25)22-16-9-11-17(12-10-16)23-14-7-8-15-23/h9-12H,4-8,13-15H2,1-3H3,(H,21,24)(H,22,25). The Labute approximate surface area is 151 Å². The van der Waals surface area contributed by atoms with Crippen LogP contribution in [0.1, 0.15) is 52.9 Å². The first-order valence-electron chi connectivity index (χ1n) is 9.40. The highest BCUT2D eigenvalue weighted by Crippen LogP contribution is 2.24. The van der Waals surface area contributed by atoms with Gasteiger partial charge in [-0.3, -0.25) is 9.59 Å². The fourth-order valence-electron chi connectivity index (χ4n) is 2.92. The Morgan fingerprint density at radius 2 is 1.68 bits per heavy atom. The average Bonchev–Trinajstić information content (AvgIpc) is 3.13. The molecule has 0 radical (unpaired) electrons. The Hall–Kier alpha value is -2.04. The number of unbranched alkanes of at least 4 members (excludes halogenated alkanes) is 2. The van der Waals surface area contributed by atoms with Crippen LogP contribution in [0.5, 0.6) is 0 Å². The van der Waals surface area contributed by atoms with Crippen molar-refractivity contribution in [3.05, 3.63) is 24.3 Å². The topological polar surface area (TPSA) is 61.4 Å². The van der Waals surface area contributed by atoms with Crippen molar-refractivity contribution < 1.29 is 9.59 Å². The summed E-state index contributed by atoms with van der Waals surface area (Å²) in [6.07, 6.45) is 5.60. The monoisotopic (exact) mass is 345 g/mol. The van der Waals surface area contributed by atoms with Crippen molar-refractivity contribution in [1.82, 2.24) is 5.32 Å². The lowest BCUT2D eigenvalue weighted by atomic mass is 9.91. The van der Waals surface area contributed by atoms with Crippen LogP contribution in [0.25, 0.3) is 0 Å². The predicted molar refractivity (Wildman–Crippen MR) is 103 cm³/mol. The molecule has 0 aromatic heterocycles. The number of anilines is 2. The number of nitrogens with one attached hydrogen (secondary N) is 2. The Kier molecular flexibility index (Phi) is 6.85. The van der Waals surface area contributed by atoms with E-state index in [1.807, 2.05) is 24.3 Å². The molecule has 0 atom stereocenters. The van der Waals surface area contributed by atoms with Gasteiger partial charge in [0, 0.05) is 31.0 Å². The summed E-state index contributed by atoms with van der Waals surface area (Å²) in [6, 6.07) is 7.86. The van der Waals surface area contributed by atoms with Gasteiger partial charge >= 0.3 is 0 Å². The Balaban J connectivity index is 1.89. The van der Waals surface area contributed by atoms with Gasteiger partial charge in [-0.1, -0.05) is 19.8 Å². The van der Waals surface area contributed by atoms with Gasteiger partial charge < -0.3 is 15.5 Å². The van der Waals surface area contributed by atoms with Crippen molar-refractivity contribution in [3.8, 4) is 0 Å². The van der Waals surface area contributed by atoms with Crippen molar-refractivity contribution in [2.75, 3.05) is 29.9 Å². The molecular formula is C20H31N3O2. The predicted octanol–water partition coefficient (Wildman–Crippen LogP) is 3.56. The van der Waals surface area contributed by atoms with Crippen LogP contribution >= 0.6 is 0 Å². The summed E-state index contributed by atoms with van der Waals surface area (Å²) >= 11 is 0. The molecule has 138 valence electrons. The molecule has 1 heterocycles. The maximum Gasteiger partial charge on any atom is 0.239 e. The molecule has 1 saturated heterocycles. The molecule has 2 rings (SSSR count). The molecule has 1 aliphatic rings. The molecule has 1 fully saturated rings. The molecule has 0 saturated carbocycles. The number of carbonyl (C=O) groups excluding carboxylic acids is 2. The third-order valence-corrected chi connectivity index (χ3v) is 4.80. The molecule has 0 unspecified atom stereocenters. The zero-order valence-corrected chi connectivity index (χ0v) is 15.7. The first-order chi connectivity index (χ1) is 11.9. The Morgan fingerprint density at radius 1 is 1.04 bits per heavy atom. The fraction of sp³-hybridized carbons (Fsp3) is 0.600. The van der Waals surface area contributed by atoms with E-state index in [2.05, 4.69) is 22.5 Å². The first-order valence-corrected chi connectivity index (χ1v) is 9.40. The van der Waals surface area contributed by atoms with Crippen LogP contribution in [0.15, 0.2) is 24.3 Å². The van der Waals surface area contributed by atoms with Crippen LogP contribution in [0, 0.1) is 5.41 Å². The van der Waals surface area contributed by atoms with E-state index < -0.39 is 5.41 Å². The van der Waals surface area contributed by atoms with E-state index >= 15 is 0 Å². The minimum atomic E-state index is -1.10. The van der Waals surface area contributed by atoms with Crippen LogP contribution in [0.2, 0.25) is 0 Å². The van der Waals surface area contributed by atoms with Crippen molar-refractivity contribution >= 4 is 23.2 Å². The zero-order valence-electron chi connectivity index (χ0n) is 15.7. The van der Waals surface area contributed by atoms with Gasteiger partial charge in [-0.05, 0) is 57.4 Å². The summed E-state index contributed by atoms with van der Waals surface area (Å²) in [5.41, 5.74) is 0.808. The number of benzene rings is 1. The van der Waals surface area contributed by atoms with Crippen LogP contribution in [0.3, 0.4) is 0 Å². The highest BCUT2D eigenvalue weighted by molar-refractivity contribution is 6.09. The smallest absolute Gasteiger partial charge is 0.239 e. The summed E-state index contributed by atoms with van der Waals surface area (Å²) in [7, 11) is 0. The van der Waals surface area contributed by atoms with E-state index in [0.29, 0.717) is 6.54 Å². The minimum Gasteiger partial charge on any atom is -0.372 e. The van der Waals surface area contributed by atoms with Crippen LogP contribution in [0.4, 0.5) is 11.4 Å². The normalized spacial score (nSPS) is 14.4. The second-order valence-electron chi connectivity index (χ2n) is 7.28. The van der Waals surface area contributed by atoms with Crippen LogP contribution < -0.4 is 15.5 Å². The molecule has 1 aromatic carbocycles. The van der Waals surface area contributed by atoms with Gasteiger partial charge in [0.1, 0.15) is 5.41 Å². The van der Waals surface area contributed by atoms with Crippen LogP contribution in [-0.2, 0) is 9.59 Å². The SMILES string of the molecule is CCCCCNC(=O)C(C)(C)C(=O)Nc1ccc(N2CCCC2)cc1. The molecule has 5 nitrogen and oxygen atoms in total. The van der Waals surface area contributed by atoms with Gasteiger partial charge in [-0.15, -0.1) is 0 Å². The summed E-state index contributed by atoms with van der Waals surface area (Å²) in [5, 5.41) is 5.73. The molecular weight excluding hydrogens is 314 g/mol. The minimum absolute atomic E-state index is 0.227. The number of amides is 2. The molecule has 0 aliphatic carbocycles. The lowest BCUT2D eigenvalue weighted by molar-refractivity contribution is -0.138. The maximum absolute atomic E-state index is 12.5. The van der Waals surface area contributed by atoms with Gasteiger partial charge in [0.25, 0.3) is 0 Å². The van der Waals surface area contributed by atoms with E-state index in [4.69, 9.17) is 0 Å². The molecule has 0 bridgehead atoms. The van der Waals surface area contributed by atoms with E-state index in [-0.39, 0.29) is 11.8 Å². The third kappa shape index (κ3) is 5.21. The summed E-state index contributed by atoms with van der Waals surface area (Å²) < 4.78 is 0.